The van der Waals surface area contributed by atoms with E-state index in [1.807, 2.05) is 29.7 Å². The molecule has 0 bridgehead atoms. The highest BCUT2D eigenvalue weighted by Crippen LogP contribution is 2.21. The summed E-state index contributed by atoms with van der Waals surface area (Å²) in [5.74, 6) is 0. The maximum absolute atomic E-state index is 3.26. The summed E-state index contributed by atoms with van der Waals surface area (Å²) < 4.78 is 3.68. The molecule has 134 valence electrons. The number of fused-ring (bicyclic) bond motifs is 1. The number of para-hydroxylation sites is 1. The Labute approximate surface area is 176 Å². The van der Waals surface area contributed by atoms with E-state index in [9.17, 15) is 0 Å². The van der Waals surface area contributed by atoms with Crippen LogP contribution in [0.25, 0.3) is 16.3 Å². The summed E-state index contributed by atoms with van der Waals surface area (Å²) in [7, 11) is 0. The molecule has 2 nitrogen and oxygen atoms in total. The molecule has 3 aromatic rings. The van der Waals surface area contributed by atoms with E-state index in [0.717, 1.165) is 12.2 Å². The molecule has 0 unspecified atom stereocenters. The number of anilines is 1. The SMILES string of the molecule is CC[n+]1c(/C=C/C=C/C=C/Nc2ccc(C)cc2)sc2ccccc21.[I-]. The normalized spacial score (nSPS) is 11.6. The zero-order valence-electron chi connectivity index (χ0n) is 15.0. The van der Waals surface area contributed by atoms with Crippen molar-refractivity contribution in [3.8, 4) is 0 Å². The van der Waals surface area contributed by atoms with Crippen molar-refractivity contribution < 1.29 is 28.5 Å². The van der Waals surface area contributed by atoms with Gasteiger partial charge >= 0.3 is 0 Å². The summed E-state index contributed by atoms with van der Waals surface area (Å²) in [5, 5.41) is 4.53. The van der Waals surface area contributed by atoms with Gasteiger partial charge in [-0.05, 0) is 38.1 Å². The summed E-state index contributed by atoms with van der Waals surface area (Å²) in [6.45, 7) is 5.26. The first-order valence-corrected chi connectivity index (χ1v) is 9.34. The molecule has 0 aliphatic heterocycles. The lowest BCUT2D eigenvalue weighted by Crippen LogP contribution is -3.00. The van der Waals surface area contributed by atoms with Gasteiger partial charge in [-0.25, -0.2) is 0 Å². The third-order valence-corrected chi connectivity index (χ3v) is 5.05. The van der Waals surface area contributed by atoms with E-state index in [1.165, 1.54) is 20.8 Å². The van der Waals surface area contributed by atoms with Crippen molar-refractivity contribution >= 4 is 33.3 Å². The number of halogens is 1. The van der Waals surface area contributed by atoms with Crippen LogP contribution in [0.3, 0.4) is 0 Å². The van der Waals surface area contributed by atoms with Crippen LogP contribution in [0.15, 0.2) is 79.0 Å². The van der Waals surface area contributed by atoms with Gasteiger partial charge in [0, 0.05) is 24.0 Å². The minimum Gasteiger partial charge on any atom is -1.00 e. The predicted octanol–water partition coefficient (Wildman–Crippen LogP) is 2.72. The van der Waals surface area contributed by atoms with E-state index in [0.29, 0.717) is 0 Å². The van der Waals surface area contributed by atoms with Crippen molar-refractivity contribution in [2.75, 3.05) is 5.32 Å². The Hall–Kier alpha value is -1.92. The van der Waals surface area contributed by atoms with Gasteiger partial charge in [-0.3, -0.25) is 0 Å². The van der Waals surface area contributed by atoms with Gasteiger partial charge in [0.2, 0.25) is 5.52 Å². The molecule has 26 heavy (non-hydrogen) atoms. The average Bonchev–Trinajstić information content (AvgIpc) is 2.99. The Bertz CT molecular complexity index is 921. The Morgan fingerprint density at radius 1 is 0.962 bits per heavy atom. The lowest BCUT2D eigenvalue weighted by molar-refractivity contribution is -0.665. The summed E-state index contributed by atoms with van der Waals surface area (Å²) >= 11 is 1.83. The zero-order valence-corrected chi connectivity index (χ0v) is 18.0. The monoisotopic (exact) mass is 474 g/mol. The topological polar surface area (TPSA) is 15.9 Å². The summed E-state index contributed by atoms with van der Waals surface area (Å²) in [5.41, 5.74) is 3.67. The molecule has 0 amide bonds. The number of thiazole rings is 1. The average molecular weight is 474 g/mol. The van der Waals surface area contributed by atoms with E-state index >= 15 is 0 Å². The van der Waals surface area contributed by atoms with Gasteiger partial charge < -0.3 is 29.3 Å². The predicted molar refractivity (Wildman–Crippen MR) is 110 cm³/mol. The molecule has 0 aliphatic carbocycles. The van der Waals surface area contributed by atoms with Crippen LogP contribution in [0.1, 0.15) is 17.5 Å². The molecule has 1 N–H and O–H groups in total. The second-order valence-electron chi connectivity index (χ2n) is 5.77. The van der Waals surface area contributed by atoms with Gasteiger partial charge in [-0.2, -0.15) is 4.57 Å². The molecule has 0 fully saturated rings. The summed E-state index contributed by atoms with van der Waals surface area (Å²) in [4.78, 5) is 0. The van der Waals surface area contributed by atoms with Gasteiger partial charge in [0.25, 0.3) is 5.01 Å². The molecule has 2 aromatic carbocycles. The molecule has 4 heteroatoms. The maximum atomic E-state index is 3.26. The molecule has 0 aliphatic rings. The van der Waals surface area contributed by atoms with Crippen LogP contribution < -0.4 is 33.9 Å². The number of aryl methyl sites for hydroxylation is 2. The van der Waals surface area contributed by atoms with Gasteiger partial charge in [0.1, 0.15) is 11.2 Å². The fourth-order valence-electron chi connectivity index (χ4n) is 2.62. The van der Waals surface area contributed by atoms with E-state index < -0.39 is 0 Å². The van der Waals surface area contributed by atoms with Crippen molar-refractivity contribution in [2.24, 2.45) is 0 Å². The quantitative estimate of drug-likeness (QED) is 0.330. The van der Waals surface area contributed by atoms with Crippen LogP contribution in [-0.2, 0) is 6.54 Å². The number of nitrogens with zero attached hydrogens (tertiary/aromatic N) is 1. The molecule has 1 heterocycles. The Morgan fingerprint density at radius 2 is 1.69 bits per heavy atom. The van der Waals surface area contributed by atoms with E-state index in [1.54, 1.807) is 0 Å². The molecule has 0 spiro atoms. The van der Waals surface area contributed by atoms with Crippen LogP contribution in [0.4, 0.5) is 5.69 Å². The van der Waals surface area contributed by atoms with Crippen LogP contribution in [-0.4, -0.2) is 0 Å². The Balaban J connectivity index is 0.00000243. The standard InChI is InChI=1S/C22H22N2S.HI/c1-3-24-20-10-7-8-11-21(20)25-22(24)12-6-4-5-9-17-23-19-15-13-18(2)14-16-19;/h4-17H,3H2,1-2H3;1H. The van der Waals surface area contributed by atoms with Crippen LogP contribution in [0.2, 0.25) is 0 Å². The first kappa shape index (κ1) is 20.4. The number of nitrogens with one attached hydrogen (secondary N) is 1. The lowest BCUT2D eigenvalue weighted by atomic mass is 10.2. The summed E-state index contributed by atoms with van der Waals surface area (Å²) in [6.07, 6.45) is 12.3. The first-order valence-electron chi connectivity index (χ1n) is 8.52. The highest BCUT2D eigenvalue weighted by Gasteiger charge is 2.15. The van der Waals surface area contributed by atoms with Gasteiger partial charge in [-0.1, -0.05) is 59.4 Å². The van der Waals surface area contributed by atoms with Gasteiger partial charge in [0.15, 0.2) is 0 Å². The fourth-order valence-corrected chi connectivity index (χ4v) is 3.76. The van der Waals surface area contributed by atoms with Crippen molar-refractivity contribution in [2.45, 2.75) is 20.4 Å². The number of hydrogen-bond acceptors (Lipinski definition) is 2. The molecule has 0 saturated carbocycles. The summed E-state index contributed by atoms with van der Waals surface area (Å²) in [6, 6.07) is 16.9. The van der Waals surface area contributed by atoms with Gasteiger partial charge in [0.05, 0.1) is 0 Å². The largest absolute Gasteiger partial charge is 1.00 e. The second-order valence-corrected chi connectivity index (χ2v) is 6.83. The number of allylic oxidation sites excluding steroid dienone is 4. The van der Waals surface area contributed by atoms with Crippen LogP contribution in [0.5, 0.6) is 0 Å². The molecule has 0 atom stereocenters. The third kappa shape index (κ3) is 5.29. The molecular weight excluding hydrogens is 451 g/mol. The van der Waals surface area contributed by atoms with Gasteiger partial charge in [-0.15, -0.1) is 0 Å². The molecule has 0 saturated heterocycles. The zero-order chi connectivity index (χ0) is 17.5. The van der Waals surface area contributed by atoms with Crippen LogP contribution in [0, 0.1) is 6.92 Å². The molecule has 3 rings (SSSR count). The first-order chi connectivity index (χ1) is 12.3. The van der Waals surface area contributed by atoms with Crippen molar-refractivity contribution in [3.05, 3.63) is 89.6 Å². The third-order valence-electron chi connectivity index (χ3n) is 3.92. The maximum Gasteiger partial charge on any atom is 0.262 e. The van der Waals surface area contributed by atoms with E-state index in [4.69, 9.17) is 0 Å². The molecule has 1 aromatic heterocycles. The second kappa shape index (κ2) is 10.3. The van der Waals surface area contributed by atoms with Crippen molar-refractivity contribution in [1.82, 2.24) is 0 Å². The number of hydrogen-bond donors (Lipinski definition) is 1. The Morgan fingerprint density at radius 3 is 2.46 bits per heavy atom. The molecule has 0 radical (unpaired) electrons. The van der Waals surface area contributed by atoms with E-state index in [-0.39, 0.29) is 24.0 Å². The minimum absolute atomic E-state index is 0. The van der Waals surface area contributed by atoms with Crippen molar-refractivity contribution in [1.29, 1.82) is 0 Å². The lowest BCUT2D eigenvalue weighted by Gasteiger charge is -1.99. The minimum atomic E-state index is 0. The number of rotatable bonds is 6. The fraction of sp³-hybridized carbons (Fsp3) is 0.136. The number of aromatic nitrogens is 1. The Kier molecular flexibility index (Phi) is 8.06. The highest BCUT2D eigenvalue weighted by molar-refractivity contribution is 7.18. The van der Waals surface area contributed by atoms with Crippen LogP contribution >= 0.6 is 11.3 Å². The number of benzene rings is 2. The highest BCUT2D eigenvalue weighted by atomic mass is 127. The van der Waals surface area contributed by atoms with E-state index in [2.05, 4.69) is 90.5 Å². The molecular formula is C22H23IN2S. The van der Waals surface area contributed by atoms with Crippen molar-refractivity contribution in [3.63, 3.8) is 0 Å². The smallest absolute Gasteiger partial charge is 0.262 e.